The molecular formula is C8H10ClNOS. The van der Waals surface area contributed by atoms with Gasteiger partial charge in [0.05, 0.1) is 10.7 Å². The Morgan fingerprint density at radius 2 is 2.33 bits per heavy atom. The lowest BCUT2D eigenvalue weighted by atomic mass is 10.3. The van der Waals surface area contributed by atoms with E-state index >= 15 is 0 Å². The Labute approximate surface area is 81.1 Å². The average Bonchev–Trinajstić information content (AvgIpc) is 2.09. The van der Waals surface area contributed by atoms with E-state index in [9.17, 15) is 0 Å². The van der Waals surface area contributed by atoms with Gasteiger partial charge in [0.1, 0.15) is 0 Å². The van der Waals surface area contributed by atoms with E-state index in [0.717, 1.165) is 29.2 Å². The van der Waals surface area contributed by atoms with E-state index in [0.29, 0.717) is 5.02 Å². The largest absolute Gasteiger partial charge is 0.384 e. The molecule has 1 aromatic rings. The van der Waals surface area contributed by atoms with Gasteiger partial charge in [-0.3, -0.25) is 0 Å². The fraction of sp³-hybridized carbons (Fsp3) is 0.250. The molecule has 0 saturated heterocycles. The summed E-state index contributed by atoms with van der Waals surface area (Å²) < 4.78 is 8.77. The maximum absolute atomic E-state index is 8.77. The van der Waals surface area contributed by atoms with Gasteiger partial charge < -0.3 is 9.87 Å². The summed E-state index contributed by atoms with van der Waals surface area (Å²) in [5, 5.41) is 3.77. The molecule has 2 N–H and O–H groups in total. The fourth-order valence-electron chi connectivity index (χ4n) is 0.887. The lowest BCUT2D eigenvalue weighted by Gasteiger charge is -2.06. The molecule has 0 aliphatic heterocycles. The summed E-state index contributed by atoms with van der Waals surface area (Å²) in [5.41, 5.74) is 0.859. The molecule has 0 atom stereocenters. The molecule has 0 bridgehead atoms. The minimum Gasteiger partial charge on any atom is -0.384 e. The summed E-state index contributed by atoms with van der Waals surface area (Å²) in [7, 11) is 0. The number of nitrogens with one attached hydrogen (secondary N) is 1. The van der Waals surface area contributed by atoms with E-state index in [2.05, 4.69) is 5.32 Å². The van der Waals surface area contributed by atoms with Crippen molar-refractivity contribution in [1.82, 2.24) is 0 Å². The van der Waals surface area contributed by atoms with Crippen LogP contribution in [0, 0.1) is 0 Å². The van der Waals surface area contributed by atoms with Gasteiger partial charge in [-0.05, 0) is 25.1 Å². The molecule has 0 amide bonds. The minimum absolute atomic E-state index is 0.676. The number of hydrogen-bond acceptors (Lipinski definition) is 3. The summed E-state index contributed by atoms with van der Waals surface area (Å²) in [5.74, 6) is 0. The molecule has 0 heterocycles. The molecule has 0 fully saturated rings. The zero-order valence-electron chi connectivity index (χ0n) is 6.67. The Bertz CT molecular complexity index is 267. The highest BCUT2D eigenvalue weighted by atomic mass is 35.5. The van der Waals surface area contributed by atoms with Crippen LogP contribution in [0.3, 0.4) is 0 Å². The van der Waals surface area contributed by atoms with Crippen LogP contribution >= 0.6 is 23.6 Å². The van der Waals surface area contributed by atoms with Crippen LogP contribution in [0.25, 0.3) is 0 Å². The molecular weight excluding hydrogens is 194 g/mol. The molecule has 0 aliphatic rings. The lowest BCUT2D eigenvalue weighted by Crippen LogP contribution is -1.96. The lowest BCUT2D eigenvalue weighted by molar-refractivity contribution is 0.664. The number of rotatable bonds is 3. The Kier molecular flexibility index (Phi) is 3.72. The third-order valence-electron chi connectivity index (χ3n) is 1.41. The highest BCUT2D eigenvalue weighted by Crippen LogP contribution is 2.26. The van der Waals surface area contributed by atoms with Gasteiger partial charge in [-0.2, -0.15) is 0 Å². The summed E-state index contributed by atoms with van der Waals surface area (Å²) in [6.07, 6.45) is 0. The summed E-state index contributed by atoms with van der Waals surface area (Å²) >= 11 is 6.60. The molecule has 66 valence electrons. The first-order chi connectivity index (χ1) is 5.77. The Morgan fingerprint density at radius 1 is 1.58 bits per heavy atom. The predicted molar refractivity (Wildman–Crippen MR) is 54.1 cm³/mol. The molecule has 0 aliphatic carbocycles. The van der Waals surface area contributed by atoms with E-state index in [1.54, 1.807) is 12.1 Å². The van der Waals surface area contributed by atoms with Crippen molar-refractivity contribution in [1.29, 1.82) is 0 Å². The van der Waals surface area contributed by atoms with Crippen molar-refractivity contribution >= 4 is 29.3 Å². The maximum atomic E-state index is 8.77. The maximum Gasteiger partial charge on any atom is 0.0638 e. The molecule has 0 spiro atoms. The van der Waals surface area contributed by atoms with Crippen LogP contribution in [-0.4, -0.2) is 11.1 Å². The van der Waals surface area contributed by atoms with Crippen molar-refractivity contribution in [2.75, 3.05) is 11.9 Å². The van der Waals surface area contributed by atoms with Gasteiger partial charge in [0.15, 0.2) is 0 Å². The summed E-state index contributed by atoms with van der Waals surface area (Å²) in [6, 6.07) is 5.35. The van der Waals surface area contributed by atoms with Crippen LogP contribution in [0.15, 0.2) is 23.1 Å². The molecule has 2 nitrogen and oxygen atoms in total. The van der Waals surface area contributed by atoms with Crippen molar-refractivity contribution in [3.05, 3.63) is 23.2 Å². The molecule has 0 unspecified atom stereocenters. The highest BCUT2D eigenvalue weighted by molar-refractivity contribution is 7.93. The van der Waals surface area contributed by atoms with E-state index in [1.165, 1.54) is 0 Å². The Morgan fingerprint density at radius 3 is 2.92 bits per heavy atom. The van der Waals surface area contributed by atoms with Crippen LogP contribution in [0.1, 0.15) is 6.92 Å². The number of benzene rings is 1. The first kappa shape index (κ1) is 9.71. The summed E-state index contributed by atoms with van der Waals surface area (Å²) in [6.45, 7) is 2.81. The van der Waals surface area contributed by atoms with Crippen molar-refractivity contribution in [3.8, 4) is 0 Å². The normalized spacial score (nSPS) is 9.92. The molecule has 1 rings (SSSR count). The van der Waals surface area contributed by atoms with Crippen LogP contribution in [-0.2, 0) is 0 Å². The van der Waals surface area contributed by atoms with Gasteiger partial charge in [0.25, 0.3) is 0 Å². The smallest absolute Gasteiger partial charge is 0.0638 e. The summed E-state index contributed by atoms with van der Waals surface area (Å²) in [4.78, 5) is 0.787. The second kappa shape index (κ2) is 4.60. The fourth-order valence-corrected chi connectivity index (χ4v) is 1.37. The second-order valence-corrected chi connectivity index (χ2v) is 3.32. The average molecular weight is 204 g/mol. The first-order valence-corrected chi connectivity index (χ1v) is 4.78. The third-order valence-corrected chi connectivity index (χ3v) is 2.20. The van der Waals surface area contributed by atoms with E-state index < -0.39 is 0 Å². The zero-order chi connectivity index (χ0) is 8.97. The van der Waals surface area contributed by atoms with Gasteiger partial charge in [-0.25, -0.2) is 0 Å². The topological polar surface area (TPSA) is 32.3 Å². The predicted octanol–water partition coefficient (Wildman–Crippen LogP) is 3.34. The standard InChI is InChI=1S/C8H10ClNOS/c1-2-10-8-5-6(12-11)3-4-7(8)9/h3-5,10-11H,2H2,1H3. The van der Waals surface area contributed by atoms with E-state index in [4.69, 9.17) is 16.2 Å². The van der Waals surface area contributed by atoms with Crippen molar-refractivity contribution in [2.24, 2.45) is 0 Å². The molecule has 0 radical (unpaired) electrons. The highest BCUT2D eigenvalue weighted by Gasteiger charge is 1.99. The minimum atomic E-state index is 0.676. The van der Waals surface area contributed by atoms with E-state index in [1.807, 2.05) is 13.0 Å². The third kappa shape index (κ3) is 2.30. The molecule has 12 heavy (non-hydrogen) atoms. The first-order valence-electron chi connectivity index (χ1n) is 3.62. The second-order valence-electron chi connectivity index (χ2n) is 2.26. The SMILES string of the molecule is CCNc1cc(SO)ccc1Cl. The number of hydrogen-bond donors (Lipinski definition) is 2. The van der Waals surface area contributed by atoms with Gasteiger partial charge in [-0.15, -0.1) is 0 Å². The quantitative estimate of drug-likeness (QED) is 0.740. The Balaban J connectivity index is 2.91. The molecule has 0 aromatic heterocycles. The monoisotopic (exact) mass is 203 g/mol. The van der Waals surface area contributed by atoms with E-state index in [-0.39, 0.29) is 0 Å². The van der Waals surface area contributed by atoms with Gasteiger partial charge in [-0.1, -0.05) is 11.6 Å². The molecule has 1 aromatic carbocycles. The molecule has 0 saturated carbocycles. The van der Waals surface area contributed by atoms with Gasteiger partial charge >= 0.3 is 0 Å². The van der Waals surface area contributed by atoms with Gasteiger partial charge in [0, 0.05) is 23.5 Å². The van der Waals surface area contributed by atoms with Crippen molar-refractivity contribution < 1.29 is 4.55 Å². The van der Waals surface area contributed by atoms with Crippen LogP contribution in [0.5, 0.6) is 0 Å². The van der Waals surface area contributed by atoms with Crippen LogP contribution in [0.4, 0.5) is 5.69 Å². The van der Waals surface area contributed by atoms with Gasteiger partial charge in [0.2, 0.25) is 0 Å². The molecule has 4 heteroatoms. The number of halogens is 1. The van der Waals surface area contributed by atoms with Crippen LogP contribution < -0.4 is 5.32 Å². The van der Waals surface area contributed by atoms with Crippen molar-refractivity contribution in [2.45, 2.75) is 11.8 Å². The zero-order valence-corrected chi connectivity index (χ0v) is 8.25. The number of anilines is 1. The Hall–Kier alpha value is -0.380. The van der Waals surface area contributed by atoms with Crippen molar-refractivity contribution in [3.63, 3.8) is 0 Å². The van der Waals surface area contributed by atoms with Crippen LogP contribution in [0.2, 0.25) is 5.02 Å².